The van der Waals surface area contributed by atoms with E-state index in [-0.39, 0.29) is 28.4 Å². The summed E-state index contributed by atoms with van der Waals surface area (Å²) < 4.78 is 44.8. The number of anilines is 1. The molecule has 0 amide bonds. The second kappa shape index (κ2) is 10.1. The summed E-state index contributed by atoms with van der Waals surface area (Å²) in [4.78, 5) is 34.1. The van der Waals surface area contributed by atoms with Gasteiger partial charge in [0.2, 0.25) is 0 Å². The highest BCUT2D eigenvalue weighted by Gasteiger charge is 2.46. The lowest BCUT2D eigenvalue weighted by Gasteiger charge is -2.19. The molecule has 1 aliphatic rings. The summed E-state index contributed by atoms with van der Waals surface area (Å²) in [7, 11) is -10.4. The fraction of sp³-hybridized carbons (Fsp3) is 0.312. The molecular formula is C16H18N8O10P2. The van der Waals surface area contributed by atoms with Crippen LogP contribution in [0.25, 0.3) is 21.6 Å². The zero-order valence-corrected chi connectivity index (χ0v) is 19.6. The van der Waals surface area contributed by atoms with Gasteiger partial charge in [-0.2, -0.15) is 4.31 Å². The van der Waals surface area contributed by atoms with Crippen molar-refractivity contribution in [3.63, 3.8) is 0 Å². The number of aromatic nitrogens is 4. The minimum Gasteiger partial charge on any atom is -0.404 e. The number of rotatable bonds is 9. The number of phosphoric acid groups is 2. The minimum atomic E-state index is -5.23. The number of aliphatic hydroxyl groups excluding tert-OH is 2. The van der Waals surface area contributed by atoms with Crippen LogP contribution >= 0.6 is 15.6 Å². The van der Waals surface area contributed by atoms with Crippen molar-refractivity contribution in [3.05, 3.63) is 47.4 Å². The first-order valence-electron chi connectivity index (χ1n) is 9.80. The molecule has 18 nitrogen and oxygen atoms in total. The standard InChI is InChI=1S/C16H18N8O10P2/c17-14-11-15(20-6-19-14)24(7-21-11)16-13(26)12(25)10(32-16)5-31-35(27,28)34-36(29,30)33-9-3-1-8(2-4-9)22-23-18/h1-4,6-7,10,12-13,16,25-26H,5H2,(H,27,28)(H,29,30)(H2,17,19,20)/t10-,12-,13-,16-/m1/s1. The largest absolute Gasteiger partial charge is 0.536 e. The number of nitrogens with two attached hydrogens (primary N) is 1. The van der Waals surface area contributed by atoms with E-state index in [1.165, 1.54) is 23.0 Å². The minimum absolute atomic E-state index is 0.0762. The summed E-state index contributed by atoms with van der Waals surface area (Å²) in [5, 5.41) is 24.0. The van der Waals surface area contributed by atoms with Gasteiger partial charge < -0.3 is 30.1 Å². The number of nitrogen functional groups attached to an aromatic ring is 1. The van der Waals surface area contributed by atoms with E-state index in [4.69, 9.17) is 16.0 Å². The highest BCUT2D eigenvalue weighted by atomic mass is 31.3. The van der Waals surface area contributed by atoms with E-state index in [9.17, 15) is 29.1 Å². The van der Waals surface area contributed by atoms with Crippen LogP contribution < -0.4 is 10.3 Å². The van der Waals surface area contributed by atoms with Crippen molar-refractivity contribution in [2.24, 2.45) is 5.11 Å². The summed E-state index contributed by atoms with van der Waals surface area (Å²) in [5.41, 5.74) is 14.7. The lowest BCUT2D eigenvalue weighted by molar-refractivity contribution is -0.0503. The first kappa shape index (κ1) is 25.9. The van der Waals surface area contributed by atoms with Gasteiger partial charge in [-0.05, 0) is 29.8 Å². The first-order valence-corrected chi connectivity index (χ1v) is 12.8. The van der Waals surface area contributed by atoms with Crippen LogP contribution in [0.3, 0.4) is 0 Å². The van der Waals surface area contributed by atoms with E-state index >= 15 is 0 Å². The predicted molar refractivity (Wildman–Crippen MR) is 118 cm³/mol. The van der Waals surface area contributed by atoms with Gasteiger partial charge in [0.05, 0.1) is 12.9 Å². The predicted octanol–water partition coefficient (Wildman–Crippen LogP) is 1.28. The molecule has 6 atom stereocenters. The summed E-state index contributed by atoms with van der Waals surface area (Å²) in [6, 6.07) is 4.83. The van der Waals surface area contributed by atoms with Crippen molar-refractivity contribution in [3.8, 4) is 5.75 Å². The van der Waals surface area contributed by atoms with Crippen LogP contribution in [0.2, 0.25) is 0 Å². The second-order valence-electron chi connectivity index (χ2n) is 7.22. The van der Waals surface area contributed by atoms with Crippen molar-refractivity contribution < 1.29 is 47.2 Å². The molecule has 0 saturated carbocycles. The maximum atomic E-state index is 12.2. The quantitative estimate of drug-likeness (QED) is 0.110. The normalized spacial score (nSPS) is 25.1. The van der Waals surface area contributed by atoms with Crippen LogP contribution in [0.15, 0.2) is 42.0 Å². The topological polar surface area (TPSA) is 270 Å². The summed E-state index contributed by atoms with van der Waals surface area (Å²) in [6.45, 7) is -0.826. The summed E-state index contributed by atoms with van der Waals surface area (Å²) in [6.07, 6.45) is -3.31. The molecule has 0 spiro atoms. The number of hydrogen-bond acceptors (Lipinski definition) is 13. The molecule has 2 aromatic heterocycles. The van der Waals surface area contributed by atoms with Gasteiger partial charge >= 0.3 is 15.6 Å². The fourth-order valence-electron chi connectivity index (χ4n) is 3.25. The Morgan fingerprint density at radius 2 is 1.86 bits per heavy atom. The van der Waals surface area contributed by atoms with Gasteiger partial charge in [0, 0.05) is 10.6 Å². The Morgan fingerprint density at radius 3 is 2.56 bits per heavy atom. The highest BCUT2D eigenvalue weighted by Crippen LogP contribution is 2.60. The van der Waals surface area contributed by atoms with E-state index < -0.39 is 46.8 Å². The number of imidazole rings is 1. The fourth-order valence-corrected chi connectivity index (χ4v) is 5.34. The van der Waals surface area contributed by atoms with Crippen LogP contribution in [0, 0.1) is 0 Å². The summed E-state index contributed by atoms with van der Waals surface area (Å²) >= 11 is 0. The number of hydrogen-bond donors (Lipinski definition) is 5. The van der Waals surface area contributed by atoms with Crippen molar-refractivity contribution >= 4 is 38.3 Å². The number of ether oxygens (including phenoxy) is 1. The molecule has 0 aliphatic carbocycles. The van der Waals surface area contributed by atoms with Crippen LogP contribution in [0.1, 0.15) is 6.23 Å². The van der Waals surface area contributed by atoms with E-state index in [2.05, 4.69) is 38.3 Å². The molecule has 192 valence electrons. The molecule has 1 saturated heterocycles. The van der Waals surface area contributed by atoms with Gasteiger partial charge in [-0.3, -0.25) is 14.0 Å². The van der Waals surface area contributed by atoms with Crippen LogP contribution in [0.5, 0.6) is 5.75 Å². The van der Waals surface area contributed by atoms with Crippen molar-refractivity contribution in [1.29, 1.82) is 0 Å². The molecule has 20 heteroatoms. The van der Waals surface area contributed by atoms with Gasteiger partial charge in [-0.25, -0.2) is 24.1 Å². The Balaban J connectivity index is 1.39. The van der Waals surface area contributed by atoms with Crippen molar-refractivity contribution in [1.82, 2.24) is 19.5 Å². The number of azide groups is 1. The number of benzene rings is 1. The van der Waals surface area contributed by atoms with E-state index in [0.29, 0.717) is 0 Å². The Morgan fingerprint density at radius 1 is 1.14 bits per heavy atom. The zero-order valence-electron chi connectivity index (χ0n) is 17.8. The molecule has 3 heterocycles. The molecule has 0 radical (unpaired) electrons. The SMILES string of the molecule is [N-]=[N+]=Nc1ccc(OP(=O)(O)OP(=O)(O)OC[C@H]2O[C@@H](n3cnc4c(N)ncnc43)[C@H](O)[C@@H]2O)cc1. The molecule has 1 aromatic carbocycles. The van der Waals surface area contributed by atoms with Crippen molar-refractivity contribution in [2.75, 3.05) is 12.3 Å². The monoisotopic (exact) mass is 544 g/mol. The second-order valence-corrected chi connectivity index (χ2v) is 10.2. The number of nitrogens with zero attached hydrogens (tertiary/aromatic N) is 7. The van der Waals surface area contributed by atoms with Crippen LogP contribution in [0.4, 0.5) is 11.5 Å². The Labute approximate surface area is 200 Å². The Kier molecular flexibility index (Phi) is 7.26. The maximum Gasteiger partial charge on any atom is 0.536 e. The lowest BCUT2D eigenvalue weighted by Crippen LogP contribution is -2.33. The van der Waals surface area contributed by atoms with Crippen LogP contribution in [-0.4, -0.2) is 64.4 Å². The smallest absolute Gasteiger partial charge is 0.404 e. The molecule has 0 bridgehead atoms. The van der Waals surface area contributed by atoms with Crippen LogP contribution in [-0.2, 0) is 22.7 Å². The van der Waals surface area contributed by atoms with E-state index in [0.717, 1.165) is 18.5 Å². The molecule has 1 aliphatic heterocycles. The third-order valence-corrected chi connectivity index (χ3v) is 7.39. The maximum absolute atomic E-state index is 12.2. The number of aliphatic hydroxyl groups is 2. The van der Waals surface area contributed by atoms with Gasteiger partial charge in [-0.15, -0.1) is 0 Å². The third-order valence-electron chi connectivity index (χ3n) is 4.82. The van der Waals surface area contributed by atoms with Gasteiger partial charge in [0.15, 0.2) is 17.7 Å². The third kappa shape index (κ3) is 5.64. The van der Waals surface area contributed by atoms with Gasteiger partial charge in [-0.1, -0.05) is 5.11 Å². The molecule has 1 fully saturated rings. The summed E-state index contributed by atoms with van der Waals surface area (Å²) in [5.74, 6) is -0.164. The molecule has 2 unspecified atom stereocenters. The van der Waals surface area contributed by atoms with E-state index in [1.54, 1.807) is 0 Å². The van der Waals surface area contributed by atoms with Gasteiger partial charge in [0.25, 0.3) is 0 Å². The molecule has 36 heavy (non-hydrogen) atoms. The van der Waals surface area contributed by atoms with E-state index in [1.807, 2.05) is 0 Å². The molecule has 6 N–H and O–H groups in total. The highest BCUT2D eigenvalue weighted by molar-refractivity contribution is 7.61. The zero-order chi connectivity index (χ0) is 26.1. The average Bonchev–Trinajstić information content (AvgIpc) is 3.35. The average molecular weight is 544 g/mol. The van der Waals surface area contributed by atoms with Crippen molar-refractivity contribution in [2.45, 2.75) is 24.5 Å². The number of fused-ring (bicyclic) bond motifs is 1. The lowest BCUT2D eigenvalue weighted by atomic mass is 10.1. The Bertz CT molecular complexity index is 1400. The van der Waals surface area contributed by atoms with Gasteiger partial charge in [0.1, 0.15) is 35.9 Å². The Hall–Kier alpha value is -3.14. The number of phosphoric ester groups is 2. The molecule has 4 rings (SSSR count). The first-order chi connectivity index (χ1) is 17.0. The molecular weight excluding hydrogens is 526 g/mol. The molecule has 3 aromatic rings.